The second-order valence-corrected chi connectivity index (χ2v) is 6.51. The van der Waals surface area contributed by atoms with E-state index in [-0.39, 0.29) is 18.0 Å². The Balaban J connectivity index is 1.73. The predicted molar refractivity (Wildman–Crippen MR) is 94.2 cm³/mol. The average Bonchev–Trinajstić information content (AvgIpc) is 2.88. The van der Waals surface area contributed by atoms with Crippen molar-refractivity contribution in [2.75, 3.05) is 39.0 Å². The summed E-state index contributed by atoms with van der Waals surface area (Å²) < 4.78 is 0. The summed E-state index contributed by atoms with van der Waals surface area (Å²) in [5.41, 5.74) is 0.584. The molecule has 0 aliphatic carbocycles. The third kappa shape index (κ3) is 5.65. The molecule has 3 amide bonds. The Morgan fingerprint density at radius 1 is 1.46 bits per heavy atom. The van der Waals surface area contributed by atoms with E-state index >= 15 is 0 Å². The predicted octanol–water partition coefficient (Wildman–Crippen LogP) is 1.80. The van der Waals surface area contributed by atoms with Gasteiger partial charge in [0, 0.05) is 32.1 Å². The molecule has 0 unspecified atom stereocenters. The molecule has 0 spiro atoms. The first-order valence-corrected chi connectivity index (χ1v) is 8.44. The van der Waals surface area contributed by atoms with E-state index in [1.165, 1.54) is 6.20 Å². The number of halogens is 1. The van der Waals surface area contributed by atoms with Gasteiger partial charge in [0.2, 0.25) is 5.91 Å². The highest BCUT2D eigenvalue weighted by molar-refractivity contribution is 6.29. The molecule has 0 saturated carbocycles. The van der Waals surface area contributed by atoms with E-state index in [1.54, 1.807) is 12.1 Å². The number of rotatable bonds is 7. The third-order valence-corrected chi connectivity index (χ3v) is 4.21. The highest BCUT2D eigenvalue weighted by Crippen LogP contribution is 2.20. The lowest BCUT2D eigenvalue weighted by molar-refractivity contribution is -0.129. The van der Waals surface area contributed by atoms with E-state index in [4.69, 9.17) is 11.6 Å². The van der Waals surface area contributed by atoms with E-state index in [1.807, 2.05) is 19.0 Å². The minimum absolute atomic E-state index is 0.204. The first kappa shape index (κ1) is 18.5. The summed E-state index contributed by atoms with van der Waals surface area (Å²) in [5.74, 6) is 0.207. The standard InChI is InChI=1S/C16H24ClN5O2/c1-21(2)9-10-22-13(4-6-15(22)23)7-8-18-16(24)20-12-3-5-14(17)19-11-12/h3,5,11,13H,4,6-10H2,1-2H3,(H2,18,20,24)/t13-/m1/s1. The van der Waals surface area contributed by atoms with Gasteiger partial charge in [0.25, 0.3) is 0 Å². The lowest BCUT2D eigenvalue weighted by Gasteiger charge is -2.26. The SMILES string of the molecule is CN(C)CCN1C(=O)CC[C@@H]1CCNC(=O)Nc1ccc(Cl)nc1. The van der Waals surface area contributed by atoms with Crippen LogP contribution in [0.15, 0.2) is 18.3 Å². The van der Waals surface area contributed by atoms with Crippen LogP contribution in [0, 0.1) is 0 Å². The van der Waals surface area contributed by atoms with Crippen LogP contribution in [0.25, 0.3) is 0 Å². The van der Waals surface area contributed by atoms with Gasteiger partial charge in [-0.25, -0.2) is 9.78 Å². The summed E-state index contributed by atoms with van der Waals surface area (Å²) in [6, 6.07) is 3.22. The van der Waals surface area contributed by atoms with Gasteiger partial charge in [0.05, 0.1) is 11.9 Å². The normalized spacial score (nSPS) is 17.4. The van der Waals surface area contributed by atoms with Gasteiger partial charge in [0.15, 0.2) is 0 Å². The molecule has 0 aromatic carbocycles. The number of likely N-dealkylation sites (tertiary alicyclic amines) is 1. The zero-order valence-electron chi connectivity index (χ0n) is 14.1. The molecule has 1 aliphatic heterocycles. The highest BCUT2D eigenvalue weighted by Gasteiger charge is 2.30. The van der Waals surface area contributed by atoms with Gasteiger partial charge in [-0.1, -0.05) is 11.6 Å². The maximum Gasteiger partial charge on any atom is 0.319 e. The van der Waals surface area contributed by atoms with Crippen molar-refractivity contribution in [3.63, 3.8) is 0 Å². The fourth-order valence-electron chi connectivity index (χ4n) is 2.69. The number of hydrogen-bond acceptors (Lipinski definition) is 4. The highest BCUT2D eigenvalue weighted by atomic mass is 35.5. The third-order valence-electron chi connectivity index (χ3n) is 3.99. The van der Waals surface area contributed by atoms with Crippen LogP contribution in [-0.4, -0.2) is 66.5 Å². The van der Waals surface area contributed by atoms with Crippen LogP contribution in [0.2, 0.25) is 5.15 Å². The molecule has 24 heavy (non-hydrogen) atoms. The minimum Gasteiger partial charge on any atom is -0.338 e. The molecule has 132 valence electrons. The largest absolute Gasteiger partial charge is 0.338 e. The van der Waals surface area contributed by atoms with Crippen molar-refractivity contribution >= 4 is 29.2 Å². The van der Waals surface area contributed by atoms with Crippen molar-refractivity contribution in [2.45, 2.75) is 25.3 Å². The van der Waals surface area contributed by atoms with Gasteiger partial charge in [-0.15, -0.1) is 0 Å². The second-order valence-electron chi connectivity index (χ2n) is 6.12. The maximum absolute atomic E-state index is 12.0. The summed E-state index contributed by atoms with van der Waals surface area (Å²) in [4.78, 5) is 31.7. The Kier molecular flexibility index (Phi) is 6.81. The van der Waals surface area contributed by atoms with Gasteiger partial charge >= 0.3 is 6.03 Å². The van der Waals surface area contributed by atoms with Crippen molar-refractivity contribution in [3.05, 3.63) is 23.5 Å². The Morgan fingerprint density at radius 2 is 2.25 bits per heavy atom. The van der Waals surface area contributed by atoms with Gasteiger partial charge < -0.3 is 20.4 Å². The number of nitrogens with zero attached hydrogens (tertiary/aromatic N) is 3. The van der Waals surface area contributed by atoms with E-state index in [9.17, 15) is 9.59 Å². The van der Waals surface area contributed by atoms with Crippen molar-refractivity contribution in [1.29, 1.82) is 0 Å². The van der Waals surface area contributed by atoms with Crippen LogP contribution in [-0.2, 0) is 4.79 Å². The van der Waals surface area contributed by atoms with E-state index < -0.39 is 0 Å². The minimum atomic E-state index is -0.289. The zero-order chi connectivity index (χ0) is 17.5. The molecule has 0 radical (unpaired) electrons. The molecule has 1 aliphatic rings. The molecule has 1 saturated heterocycles. The smallest absolute Gasteiger partial charge is 0.319 e. The fourth-order valence-corrected chi connectivity index (χ4v) is 2.80. The van der Waals surface area contributed by atoms with Crippen LogP contribution in [0.5, 0.6) is 0 Å². The second kappa shape index (κ2) is 8.84. The molecule has 7 nitrogen and oxygen atoms in total. The Bertz CT molecular complexity index is 564. The number of urea groups is 1. The molecule has 1 fully saturated rings. The number of pyridine rings is 1. The number of carbonyl (C=O) groups is 2. The quantitative estimate of drug-likeness (QED) is 0.733. The summed E-state index contributed by atoms with van der Waals surface area (Å²) in [6.45, 7) is 2.10. The summed E-state index contributed by atoms with van der Waals surface area (Å²) >= 11 is 5.70. The number of amides is 3. The Labute approximate surface area is 147 Å². The van der Waals surface area contributed by atoms with Crippen LogP contribution in [0.1, 0.15) is 19.3 Å². The zero-order valence-corrected chi connectivity index (χ0v) is 14.8. The molecule has 2 N–H and O–H groups in total. The lowest BCUT2D eigenvalue weighted by atomic mass is 10.1. The molecule has 1 aromatic rings. The Morgan fingerprint density at radius 3 is 2.92 bits per heavy atom. The molecule has 1 aromatic heterocycles. The van der Waals surface area contributed by atoms with Gasteiger partial charge in [-0.3, -0.25) is 4.79 Å². The van der Waals surface area contributed by atoms with E-state index in [0.29, 0.717) is 23.8 Å². The number of anilines is 1. The number of aromatic nitrogens is 1. The maximum atomic E-state index is 12.0. The van der Waals surface area contributed by atoms with E-state index in [2.05, 4.69) is 20.5 Å². The number of carbonyl (C=O) groups excluding carboxylic acids is 2. The molecule has 1 atom stereocenters. The summed E-state index contributed by atoms with van der Waals surface area (Å²) in [5, 5.41) is 5.89. The molecule has 8 heteroatoms. The average molecular weight is 354 g/mol. The Hall–Kier alpha value is -1.86. The van der Waals surface area contributed by atoms with Crippen molar-refractivity contribution in [1.82, 2.24) is 20.1 Å². The first-order chi connectivity index (χ1) is 11.5. The lowest BCUT2D eigenvalue weighted by Crippen LogP contribution is -2.40. The van der Waals surface area contributed by atoms with Gasteiger partial charge in [-0.2, -0.15) is 0 Å². The first-order valence-electron chi connectivity index (χ1n) is 8.06. The van der Waals surface area contributed by atoms with Crippen LogP contribution < -0.4 is 10.6 Å². The van der Waals surface area contributed by atoms with Gasteiger partial charge in [0.1, 0.15) is 5.15 Å². The molecule has 2 heterocycles. The molecular formula is C16H24ClN5O2. The number of likely N-dealkylation sites (N-methyl/N-ethyl adjacent to an activating group) is 1. The molecule has 2 rings (SSSR count). The number of hydrogen-bond donors (Lipinski definition) is 2. The van der Waals surface area contributed by atoms with E-state index in [0.717, 1.165) is 25.9 Å². The van der Waals surface area contributed by atoms with Crippen LogP contribution >= 0.6 is 11.6 Å². The fraction of sp³-hybridized carbons (Fsp3) is 0.562. The molecular weight excluding hydrogens is 330 g/mol. The monoisotopic (exact) mass is 353 g/mol. The van der Waals surface area contributed by atoms with Crippen LogP contribution in [0.4, 0.5) is 10.5 Å². The molecule has 0 bridgehead atoms. The topological polar surface area (TPSA) is 77.6 Å². The van der Waals surface area contributed by atoms with Gasteiger partial charge in [-0.05, 0) is 39.1 Å². The van der Waals surface area contributed by atoms with Crippen molar-refractivity contribution in [2.24, 2.45) is 0 Å². The van der Waals surface area contributed by atoms with Crippen LogP contribution in [0.3, 0.4) is 0 Å². The summed E-state index contributed by atoms with van der Waals surface area (Å²) in [7, 11) is 3.99. The van der Waals surface area contributed by atoms with Crippen molar-refractivity contribution < 1.29 is 9.59 Å². The number of nitrogens with one attached hydrogen (secondary N) is 2. The summed E-state index contributed by atoms with van der Waals surface area (Å²) in [6.07, 6.45) is 3.71. The van der Waals surface area contributed by atoms with Crippen molar-refractivity contribution in [3.8, 4) is 0 Å².